The molecule has 1 amide bonds. The number of hydrogen-bond acceptors (Lipinski definition) is 7. The highest BCUT2D eigenvalue weighted by atomic mass is 32.2. The van der Waals surface area contributed by atoms with E-state index >= 15 is 0 Å². The molecule has 2 heterocycles. The van der Waals surface area contributed by atoms with Crippen LogP contribution in [0.5, 0.6) is 0 Å². The summed E-state index contributed by atoms with van der Waals surface area (Å²) in [5.41, 5.74) is 1.12. The second-order valence-electron chi connectivity index (χ2n) is 6.18. The molecule has 0 unspecified atom stereocenters. The molecule has 0 atom stereocenters. The van der Waals surface area contributed by atoms with E-state index in [9.17, 15) is 19.7 Å². The molecule has 1 aromatic rings. The average Bonchev–Trinajstić information content (AvgIpc) is 3.23. The number of carbonyl (C=O) groups excluding carboxylic acids is 1. The minimum atomic E-state index is -1.01. The Morgan fingerprint density at radius 2 is 2.07 bits per heavy atom. The number of carboxylic acid groups (broad SMARTS) is 1. The van der Waals surface area contributed by atoms with Crippen LogP contribution >= 0.6 is 24.0 Å². The summed E-state index contributed by atoms with van der Waals surface area (Å²) < 4.78 is 0.288. The molecule has 2 fully saturated rings. The van der Waals surface area contributed by atoms with Gasteiger partial charge < -0.3 is 10.0 Å². The van der Waals surface area contributed by atoms with Crippen LogP contribution < -0.4 is 4.90 Å². The highest BCUT2D eigenvalue weighted by Gasteiger charge is 2.32. The summed E-state index contributed by atoms with van der Waals surface area (Å²) in [7, 11) is 0. The number of thiocarbonyl (C=S) groups is 1. The number of carboxylic acids is 1. The molecule has 0 aliphatic carbocycles. The number of benzene rings is 1. The maximum atomic E-state index is 12.4. The number of rotatable bonds is 6. The van der Waals surface area contributed by atoms with Crippen LogP contribution in [0.4, 0.5) is 11.4 Å². The van der Waals surface area contributed by atoms with E-state index in [0.29, 0.717) is 16.2 Å². The van der Waals surface area contributed by atoms with Crippen molar-refractivity contribution in [1.29, 1.82) is 0 Å². The molecule has 2 aliphatic rings. The topological polar surface area (TPSA) is 104 Å². The number of nitro benzene ring substituents is 1. The Morgan fingerprint density at radius 1 is 1.37 bits per heavy atom. The van der Waals surface area contributed by atoms with Gasteiger partial charge in [-0.1, -0.05) is 30.0 Å². The molecule has 8 nitrogen and oxygen atoms in total. The summed E-state index contributed by atoms with van der Waals surface area (Å²) in [6.45, 7) is 1.59. The quantitative estimate of drug-likeness (QED) is 0.332. The molecule has 2 aliphatic heterocycles. The molecule has 1 N–H and O–H groups in total. The van der Waals surface area contributed by atoms with Gasteiger partial charge in [-0.25, -0.2) is 0 Å². The fraction of sp³-hybridized carbons (Fsp3) is 0.353. The third kappa shape index (κ3) is 4.28. The molecule has 1 aromatic carbocycles. The summed E-state index contributed by atoms with van der Waals surface area (Å²) in [6, 6.07) is 4.91. The maximum absolute atomic E-state index is 12.4. The molecule has 0 radical (unpaired) electrons. The van der Waals surface area contributed by atoms with Crippen LogP contribution in [-0.2, 0) is 9.59 Å². The van der Waals surface area contributed by atoms with Crippen LogP contribution in [0.25, 0.3) is 6.08 Å². The lowest BCUT2D eigenvalue weighted by atomic mass is 10.1. The van der Waals surface area contributed by atoms with Gasteiger partial charge in [0.05, 0.1) is 16.2 Å². The first-order valence-electron chi connectivity index (χ1n) is 8.37. The van der Waals surface area contributed by atoms with Gasteiger partial charge in [-0.2, -0.15) is 0 Å². The van der Waals surface area contributed by atoms with Gasteiger partial charge in [0.15, 0.2) is 0 Å². The van der Waals surface area contributed by atoms with Gasteiger partial charge in [-0.15, -0.1) is 0 Å². The third-order valence-corrected chi connectivity index (χ3v) is 5.74. The molecule has 2 saturated heterocycles. The Hall–Kier alpha value is -2.46. The predicted molar refractivity (Wildman–Crippen MR) is 107 cm³/mol. The summed E-state index contributed by atoms with van der Waals surface area (Å²) >= 11 is 6.21. The summed E-state index contributed by atoms with van der Waals surface area (Å²) in [5, 5.41) is 20.3. The molecule has 0 saturated carbocycles. The zero-order chi connectivity index (χ0) is 19.6. The normalized spacial score (nSPS) is 18.6. The van der Waals surface area contributed by atoms with E-state index in [1.807, 2.05) is 4.90 Å². The number of nitro groups is 1. The first kappa shape index (κ1) is 19.3. The maximum Gasteiger partial charge on any atom is 0.305 e. The monoisotopic (exact) mass is 407 g/mol. The van der Waals surface area contributed by atoms with Crippen molar-refractivity contribution in [2.75, 3.05) is 24.5 Å². The highest BCUT2D eigenvalue weighted by molar-refractivity contribution is 8.26. The number of amides is 1. The van der Waals surface area contributed by atoms with Gasteiger partial charge in [-0.05, 0) is 30.5 Å². The zero-order valence-electron chi connectivity index (χ0n) is 14.3. The van der Waals surface area contributed by atoms with Gasteiger partial charge in [0.25, 0.3) is 11.6 Å². The Balaban J connectivity index is 1.85. The molecular weight excluding hydrogens is 390 g/mol. The van der Waals surface area contributed by atoms with Crippen LogP contribution in [0.1, 0.15) is 24.8 Å². The highest BCUT2D eigenvalue weighted by Crippen LogP contribution is 2.35. The van der Waals surface area contributed by atoms with Gasteiger partial charge in [0.2, 0.25) is 0 Å². The van der Waals surface area contributed by atoms with Crippen LogP contribution in [-0.4, -0.2) is 50.8 Å². The molecule has 10 heteroatoms. The van der Waals surface area contributed by atoms with Crippen LogP contribution in [0.15, 0.2) is 23.1 Å². The number of anilines is 1. The largest absolute Gasteiger partial charge is 0.481 e. The third-order valence-electron chi connectivity index (χ3n) is 4.36. The van der Waals surface area contributed by atoms with Crippen molar-refractivity contribution in [2.24, 2.45) is 0 Å². The fourth-order valence-corrected chi connectivity index (χ4v) is 4.36. The van der Waals surface area contributed by atoms with Crippen LogP contribution in [0.2, 0.25) is 0 Å². The van der Waals surface area contributed by atoms with E-state index < -0.39 is 10.9 Å². The lowest BCUT2D eigenvalue weighted by Gasteiger charge is -2.17. The van der Waals surface area contributed by atoms with Gasteiger partial charge in [0, 0.05) is 25.7 Å². The molecule has 27 heavy (non-hydrogen) atoms. The standard InChI is InChI=1S/C17H17N3O5S2/c21-15(22)5-8-19-16(23)14(27-17(19)26)10-11-3-4-12(13(9-11)20(24)25)18-6-1-2-7-18/h3-4,9-10H,1-2,5-8H2,(H,21,22)/b14-10+. The van der Waals surface area contributed by atoms with Crippen molar-refractivity contribution in [1.82, 2.24) is 4.90 Å². The predicted octanol–water partition coefficient (Wildman–Crippen LogP) is 2.87. The minimum absolute atomic E-state index is 0.00534. The van der Waals surface area contributed by atoms with E-state index in [2.05, 4.69) is 0 Å². The Morgan fingerprint density at radius 3 is 2.70 bits per heavy atom. The molecular formula is C17H17N3O5S2. The molecule has 0 aromatic heterocycles. The van der Waals surface area contributed by atoms with Gasteiger partial charge in [-0.3, -0.25) is 24.6 Å². The van der Waals surface area contributed by atoms with E-state index in [-0.39, 0.29) is 28.9 Å². The van der Waals surface area contributed by atoms with Gasteiger partial charge >= 0.3 is 5.97 Å². The second kappa shape index (κ2) is 8.05. The number of carbonyl (C=O) groups is 2. The van der Waals surface area contributed by atoms with Crippen molar-refractivity contribution in [2.45, 2.75) is 19.3 Å². The smallest absolute Gasteiger partial charge is 0.305 e. The molecule has 0 spiro atoms. The minimum Gasteiger partial charge on any atom is -0.481 e. The SMILES string of the molecule is O=C(O)CCN1C(=O)/C(=C\c2ccc(N3CCCC3)c([N+](=O)[O-])c2)SC1=S. The van der Waals surface area contributed by atoms with Crippen molar-refractivity contribution in [3.8, 4) is 0 Å². The number of thioether (sulfide) groups is 1. The second-order valence-corrected chi connectivity index (χ2v) is 7.85. The van der Waals surface area contributed by atoms with Crippen molar-refractivity contribution in [3.63, 3.8) is 0 Å². The lowest BCUT2D eigenvalue weighted by Crippen LogP contribution is -2.30. The van der Waals surface area contributed by atoms with Crippen molar-refractivity contribution >= 4 is 57.6 Å². The zero-order valence-corrected chi connectivity index (χ0v) is 15.9. The first-order chi connectivity index (χ1) is 12.9. The summed E-state index contributed by atoms with van der Waals surface area (Å²) in [5.74, 6) is -1.39. The first-order valence-corrected chi connectivity index (χ1v) is 9.60. The van der Waals surface area contributed by atoms with E-state index in [1.165, 1.54) is 11.0 Å². The number of aliphatic carboxylic acids is 1. The summed E-state index contributed by atoms with van der Waals surface area (Å²) in [4.78, 5) is 37.8. The van der Waals surface area contributed by atoms with Crippen LogP contribution in [0, 0.1) is 10.1 Å². The fourth-order valence-electron chi connectivity index (χ4n) is 3.05. The van der Waals surface area contributed by atoms with E-state index in [4.69, 9.17) is 17.3 Å². The average molecular weight is 407 g/mol. The Bertz CT molecular complexity index is 849. The molecule has 142 valence electrons. The lowest BCUT2D eigenvalue weighted by molar-refractivity contribution is -0.384. The number of hydrogen-bond donors (Lipinski definition) is 1. The molecule has 0 bridgehead atoms. The molecule has 3 rings (SSSR count). The van der Waals surface area contributed by atoms with Gasteiger partial charge in [0.1, 0.15) is 10.0 Å². The summed E-state index contributed by atoms with van der Waals surface area (Å²) in [6.07, 6.45) is 3.38. The Kier molecular flexibility index (Phi) is 5.76. The van der Waals surface area contributed by atoms with Crippen molar-refractivity contribution in [3.05, 3.63) is 38.8 Å². The Labute approximate surface area is 165 Å². The number of nitrogens with zero attached hydrogens (tertiary/aromatic N) is 3. The van der Waals surface area contributed by atoms with Crippen LogP contribution in [0.3, 0.4) is 0 Å². The van der Waals surface area contributed by atoms with E-state index in [0.717, 1.165) is 37.7 Å². The van der Waals surface area contributed by atoms with E-state index in [1.54, 1.807) is 18.2 Å². The van der Waals surface area contributed by atoms with Crippen molar-refractivity contribution < 1.29 is 19.6 Å².